The summed E-state index contributed by atoms with van der Waals surface area (Å²) in [6, 6.07) is -0.267. The van der Waals surface area contributed by atoms with Crippen LogP contribution in [0.25, 0.3) is 0 Å². The monoisotopic (exact) mass is 216 g/mol. The first kappa shape index (κ1) is 11.4. The van der Waals surface area contributed by atoms with Gasteiger partial charge in [0.25, 0.3) is 0 Å². The molecule has 1 amide bonds. The Morgan fingerprint density at radius 3 is 2.71 bits per heavy atom. The average molecular weight is 216 g/mol. The molecule has 0 aromatic carbocycles. The molecule has 14 heavy (non-hydrogen) atoms. The lowest BCUT2D eigenvalue weighted by atomic mass is 10.2. The van der Waals surface area contributed by atoms with Crippen molar-refractivity contribution in [3.63, 3.8) is 0 Å². The van der Waals surface area contributed by atoms with E-state index >= 15 is 0 Å². The zero-order chi connectivity index (χ0) is 10.7. The minimum absolute atomic E-state index is 0.116. The Hall–Kier alpha value is -0.680. The van der Waals surface area contributed by atoms with Crippen LogP contribution < -0.4 is 11.1 Å². The molecule has 0 aromatic heterocycles. The van der Waals surface area contributed by atoms with E-state index in [-0.39, 0.29) is 24.2 Å². The molecule has 0 bridgehead atoms. The van der Waals surface area contributed by atoms with Gasteiger partial charge >= 0.3 is 0 Å². The van der Waals surface area contributed by atoms with Crippen LogP contribution in [0.3, 0.4) is 0 Å². The Morgan fingerprint density at radius 2 is 2.29 bits per heavy atom. The Kier molecular flexibility index (Phi) is 3.83. The molecule has 0 aromatic rings. The van der Waals surface area contributed by atoms with E-state index in [1.54, 1.807) is 6.92 Å². The number of hydrogen-bond acceptors (Lipinski definition) is 3. The number of rotatable bonds is 3. The molecule has 1 aliphatic rings. The van der Waals surface area contributed by atoms with Gasteiger partial charge in [0, 0.05) is 0 Å². The van der Waals surface area contributed by atoms with Gasteiger partial charge in [0.15, 0.2) is 0 Å². The Labute approximate surface area is 89.2 Å². The SMILES string of the molecule is CC1CCC(C(=O)NC(C)C(N)=S)O1. The first-order valence-electron chi connectivity index (χ1n) is 4.76. The molecule has 5 heteroatoms. The summed E-state index contributed by atoms with van der Waals surface area (Å²) >= 11 is 4.76. The van der Waals surface area contributed by atoms with Crippen LogP contribution in [0, 0.1) is 0 Å². The topological polar surface area (TPSA) is 64.4 Å². The smallest absolute Gasteiger partial charge is 0.249 e. The highest BCUT2D eigenvalue weighted by Gasteiger charge is 2.28. The molecule has 3 unspecified atom stereocenters. The number of ether oxygens (including phenoxy) is 1. The van der Waals surface area contributed by atoms with Gasteiger partial charge in [-0.05, 0) is 26.7 Å². The second kappa shape index (κ2) is 4.70. The number of thiocarbonyl (C=S) groups is 1. The third kappa shape index (κ3) is 2.92. The molecule has 0 radical (unpaired) electrons. The Balaban J connectivity index is 2.39. The summed E-state index contributed by atoms with van der Waals surface area (Å²) in [7, 11) is 0. The van der Waals surface area contributed by atoms with Gasteiger partial charge in [-0.25, -0.2) is 0 Å². The van der Waals surface area contributed by atoms with E-state index in [0.717, 1.165) is 12.8 Å². The standard InChI is InChI=1S/C9H16N2O2S/c1-5-3-4-7(13-5)9(12)11-6(2)8(10)14/h5-7H,3-4H2,1-2H3,(H2,10,14)(H,11,12). The third-order valence-corrected chi connectivity index (χ3v) is 2.66. The van der Waals surface area contributed by atoms with E-state index in [2.05, 4.69) is 5.32 Å². The van der Waals surface area contributed by atoms with Crippen LogP contribution in [0.15, 0.2) is 0 Å². The van der Waals surface area contributed by atoms with Crippen molar-refractivity contribution in [2.24, 2.45) is 5.73 Å². The predicted octanol–water partition coefficient (Wildman–Crippen LogP) is 0.345. The molecule has 1 saturated heterocycles. The molecule has 1 aliphatic heterocycles. The summed E-state index contributed by atoms with van der Waals surface area (Å²) in [5, 5.41) is 2.71. The lowest BCUT2D eigenvalue weighted by molar-refractivity contribution is -0.131. The van der Waals surface area contributed by atoms with Crippen molar-refractivity contribution >= 4 is 23.1 Å². The zero-order valence-electron chi connectivity index (χ0n) is 8.45. The van der Waals surface area contributed by atoms with Gasteiger partial charge < -0.3 is 15.8 Å². The largest absolute Gasteiger partial charge is 0.392 e. The maximum Gasteiger partial charge on any atom is 0.249 e. The summed E-state index contributed by atoms with van der Waals surface area (Å²) in [6.07, 6.45) is 1.55. The first-order chi connectivity index (χ1) is 6.50. The van der Waals surface area contributed by atoms with E-state index in [9.17, 15) is 4.79 Å². The third-order valence-electron chi connectivity index (χ3n) is 2.31. The van der Waals surface area contributed by atoms with E-state index in [0.29, 0.717) is 4.99 Å². The molecule has 3 atom stereocenters. The summed E-state index contributed by atoms with van der Waals surface area (Å²) in [4.78, 5) is 11.9. The van der Waals surface area contributed by atoms with E-state index in [4.69, 9.17) is 22.7 Å². The van der Waals surface area contributed by atoms with Crippen LogP contribution in [-0.2, 0) is 9.53 Å². The normalized spacial score (nSPS) is 28.4. The van der Waals surface area contributed by atoms with E-state index in [1.807, 2.05) is 6.92 Å². The number of hydrogen-bond donors (Lipinski definition) is 2. The number of carbonyl (C=O) groups excluding carboxylic acids is 1. The Bertz CT molecular complexity index is 245. The van der Waals surface area contributed by atoms with Gasteiger partial charge in [0.2, 0.25) is 5.91 Å². The van der Waals surface area contributed by atoms with Gasteiger partial charge in [0.1, 0.15) is 6.10 Å². The van der Waals surface area contributed by atoms with Crippen LogP contribution in [0.4, 0.5) is 0 Å². The van der Waals surface area contributed by atoms with Crippen molar-refractivity contribution in [3.05, 3.63) is 0 Å². The molecule has 80 valence electrons. The van der Waals surface area contributed by atoms with Crippen molar-refractivity contribution in [3.8, 4) is 0 Å². The highest BCUT2D eigenvalue weighted by Crippen LogP contribution is 2.18. The molecular weight excluding hydrogens is 200 g/mol. The summed E-state index contributed by atoms with van der Waals surface area (Å²) < 4.78 is 5.41. The first-order valence-corrected chi connectivity index (χ1v) is 5.16. The van der Waals surface area contributed by atoms with Gasteiger partial charge in [-0.15, -0.1) is 0 Å². The molecule has 0 saturated carbocycles. The van der Waals surface area contributed by atoms with Crippen molar-refractivity contribution < 1.29 is 9.53 Å². The van der Waals surface area contributed by atoms with Crippen LogP contribution in [0.2, 0.25) is 0 Å². The number of nitrogens with one attached hydrogen (secondary N) is 1. The van der Waals surface area contributed by atoms with Crippen molar-refractivity contribution in [2.45, 2.75) is 44.9 Å². The van der Waals surface area contributed by atoms with Gasteiger partial charge in [-0.1, -0.05) is 12.2 Å². The number of carbonyl (C=O) groups is 1. The zero-order valence-corrected chi connectivity index (χ0v) is 9.26. The minimum Gasteiger partial charge on any atom is -0.392 e. The minimum atomic E-state index is -0.332. The van der Waals surface area contributed by atoms with Gasteiger partial charge in [-0.2, -0.15) is 0 Å². The lowest BCUT2D eigenvalue weighted by Gasteiger charge is -2.15. The van der Waals surface area contributed by atoms with Gasteiger partial charge in [0.05, 0.1) is 17.1 Å². The van der Waals surface area contributed by atoms with Crippen molar-refractivity contribution in [1.82, 2.24) is 5.32 Å². The molecular formula is C9H16N2O2S. The van der Waals surface area contributed by atoms with Crippen molar-refractivity contribution in [1.29, 1.82) is 0 Å². The van der Waals surface area contributed by atoms with E-state index in [1.165, 1.54) is 0 Å². The molecule has 1 rings (SSSR count). The molecule has 1 heterocycles. The molecule has 1 fully saturated rings. The summed E-state index contributed by atoms with van der Waals surface area (Å²) in [6.45, 7) is 3.73. The highest BCUT2D eigenvalue weighted by atomic mass is 32.1. The highest BCUT2D eigenvalue weighted by molar-refractivity contribution is 7.80. The van der Waals surface area contributed by atoms with Crippen LogP contribution >= 0.6 is 12.2 Å². The maximum absolute atomic E-state index is 11.6. The van der Waals surface area contributed by atoms with Crippen LogP contribution in [0.5, 0.6) is 0 Å². The van der Waals surface area contributed by atoms with Crippen LogP contribution in [0.1, 0.15) is 26.7 Å². The second-order valence-electron chi connectivity index (χ2n) is 3.65. The second-order valence-corrected chi connectivity index (χ2v) is 4.12. The summed E-state index contributed by atoms with van der Waals surface area (Å²) in [5.41, 5.74) is 5.39. The molecule has 0 spiro atoms. The average Bonchev–Trinajstić information content (AvgIpc) is 2.51. The number of nitrogens with two attached hydrogens (primary N) is 1. The molecule has 4 nitrogen and oxygen atoms in total. The number of amides is 1. The van der Waals surface area contributed by atoms with Crippen molar-refractivity contribution in [2.75, 3.05) is 0 Å². The van der Waals surface area contributed by atoms with E-state index < -0.39 is 0 Å². The predicted molar refractivity (Wildman–Crippen MR) is 58.0 cm³/mol. The molecule has 3 N–H and O–H groups in total. The van der Waals surface area contributed by atoms with Gasteiger partial charge in [-0.3, -0.25) is 4.79 Å². The summed E-state index contributed by atoms with van der Waals surface area (Å²) in [5.74, 6) is -0.116. The quantitative estimate of drug-likeness (QED) is 0.668. The van der Waals surface area contributed by atoms with Crippen LogP contribution in [-0.4, -0.2) is 29.1 Å². The Morgan fingerprint density at radius 1 is 1.64 bits per heavy atom. The fraction of sp³-hybridized carbons (Fsp3) is 0.778. The fourth-order valence-corrected chi connectivity index (χ4v) is 1.43. The fourth-order valence-electron chi connectivity index (χ4n) is 1.37. The lowest BCUT2D eigenvalue weighted by Crippen LogP contribution is -2.45. The molecule has 0 aliphatic carbocycles. The maximum atomic E-state index is 11.6.